The van der Waals surface area contributed by atoms with E-state index in [0.717, 1.165) is 39.6 Å². The molecule has 4 aromatic rings. The molecular weight excluding hydrogens is 624 g/mol. The van der Waals surface area contributed by atoms with Gasteiger partial charge in [-0.3, -0.25) is 9.97 Å². The first-order valence-electron chi connectivity index (χ1n) is 10.9. The zero-order valence-corrected chi connectivity index (χ0v) is 22.3. The maximum absolute atomic E-state index is 12.5. The first-order valence-corrected chi connectivity index (χ1v) is 12.0. The van der Waals surface area contributed by atoms with Gasteiger partial charge in [0, 0.05) is 18.0 Å². The van der Waals surface area contributed by atoms with Crippen LogP contribution >= 0.6 is 22.6 Å². The van der Waals surface area contributed by atoms with Crippen molar-refractivity contribution in [3.63, 3.8) is 0 Å². The van der Waals surface area contributed by atoms with Crippen molar-refractivity contribution in [1.29, 1.82) is 0 Å². The average molecular weight is 646 g/mol. The van der Waals surface area contributed by atoms with Gasteiger partial charge in [0.05, 0.1) is 16.8 Å². The fraction of sp³-hybridized carbons (Fsp3) is 0.154. The van der Waals surface area contributed by atoms with Gasteiger partial charge < -0.3 is 10.0 Å². The van der Waals surface area contributed by atoms with Crippen LogP contribution in [-0.4, -0.2) is 27.1 Å². The van der Waals surface area contributed by atoms with E-state index in [1.54, 1.807) is 37.5 Å². The van der Waals surface area contributed by atoms with Gasteiger partial charge in [-0.15, -0.1) is 0 Å². The van der Waals surface area contributed by atoms with Gasteiger partial charge in [-0.2, -0.15) is 26.3 Å². The second-order valence-electron chi connectivity index (χ2n) is 7.84. The zero-order chi connectivity index (χ0) is 28.5. The van der Waals surface area contributed by atoms with E-state index in [4.69, 9.17) is 10.0 Å². The van der Waals surface area contributed by atoms with Crippen LogP contribution in [0.4, 0.5) is 26.3 Å². The molecule has 0 fully saturated rings. The normalized spacial score (nSPS) is 11.0. The Morgan fingerprint density at radius 1 is 0.684 bits per heavy atom. The second-order valence-corrected chi connectivity index (χ2v) is 8.94. The second kappa shape index (κ2) is 13.7. The number of rotatable bonds is 2. The Morgan fingerprint density at radius 3 is 1.58 bits per heavy atom. The third-order valence-electron chi connectivity index (χ3n) is 5.00. The van der Waals surface area contributed by atoms with Crippen LogP contribution < -0.4 is 5.46 Å². The van der Waals surface area contributed by atoms with E-state index < -0.39 is 30.6 Å². The van der Waals surface area contributed by atoms with Gasteiger partial charge in [0.1, 0.15) is 3.70 Å². The van der Waals surface area contributed by atoms with Gasteiger partial charge in [-0.25, -0.2) is 0 Å². The van der Waals surface area contributed by atoms with Crippen molar-refractivity contribution in [2.75, 3.05) is 0 Å². The summed E-state index contributed by atoms with van der Waals surface area (Å²) in [6.07, 6.45) is -5.30. The van der Waals surface area contributed by atoms with Crippen LogP contribution in [0.15, 0.2) is 85.2 Å². The summed E-state index contributed by atoms with van der Waals surface area (Å²) >= 11 is 2.17. The summed E-state index contributed by atoms with van der Waals surface area (Å²) in [5, 5.41) is 17.5. The summed E-state index contributed by atoms with van der Waals surface area (Å²) < 4.78 is 75.0. The standard InChI is InChI=1S/C13H10F3N.C8H8BF3O2.C5H4IN/c1-9-8-10(13(14,15)16)5-6-11(9)12-4-2-3-7-17-12;1-5-4-6(8(10,11)12)2-3-7(5)9(13)14;6-5-3-1-2-4-7-5/h2-8H,1H3;2-4,13-14H,1H3;1-4H. The lowest BCUT2D eigenvalue weighted by atomic mass is 9.77. The van der Waals surface area contributed by atoms with Crippen molar-refractivity contribution in [1.82, 2.24) is 9.97 Å². The summed E-state index contributed by atoms with van der Waals surface area (Å²) in [5.41, 5.74) is 0.831. The lowest BCUT2D eigenvalue weighted by molar-refractivity contribution is -0.138. The predicted molar refractivity (Wildman–Crippen MR) is 142 cm³/mol. The van der Waals surface area contributed by atoms with Crippen LogP contribution in [0.3, 0.4) is 0 Å². The molecule has 200 valence electrons. The van der Waals surface area contributed by atoms with Gasteiger partial charge in [0.25, 0.3) is 0 Å². The molecule has 0 spiro atoms. The third kappa shape index (κ3) is 9.73. The van der Waals surface area contributed by atoms with E-state index in [-0.39, 0.29) is 11.0 Å². The van der Waals surface area contributed by atoms with E-state index in [9.17, 15) is 26.3 Å². The molecule has 12 heteroatoms. The molecule has 0 aliphatic heterocycles. The van der Waals surface area contributed by atoms with Crippen LogP contribution in [-0.2, 0) is 12.4 Å². The highest BCUT2D eigenvalue weighted by Gasteiger charge is 2.31. The van der Waals surface area contributed by atoms with Crippen molar-refractivity contribution in [2.24, 2.45) is 0 Å². The Hall–Kier alpha value is -2.97. The van der Waals surface area contributed by atoms with Crippen molar-refractivity contribution in [3.8, 4) is 11.3 Å². The van der Waals surface area contributed by atoms with E-state index in [2.05, 4.69) is 32.6 Å². The van der Waals surface area contributed by atoms with Crippen LogP contribution in [0.2, 0.25) is 0 Å². The molecule has 2 heterocycles. The number of aryl methyl sites for hydroxylation is 2. The maximum atomic E-state index is 12.5. The minimum atomic E-state index is -4.40. The topological polar surface area (TPSA) is 66.2 Å². The van der Waals surface area contributed by atoms with Gasteiger partial charge in [-0.1, -0.05) is 35.9 Å². The lowest BCUT2D eigenvalue weighted by Crippen LogP contribution is -2.32. The third-order valence-corrected chi connectivity index (χ3v) is 5.64. The lowest BCUT2D eigenvalue weighted by Gasteiger charge is -2.10. The summed E-state index contributed by atoms with van der Waals surface area (Å²) in [6, 6.07) is 17.6. The number of nitrogens with zero attached hydrogens (tertiary/aromatic N) is 2. The molecular formula is C26H22BF6IN2O2. The molecule has 0 aliphatic carbocycles. The summed E-state index contributed by atoms with van der Waals surface area (Å²) in [6.45, 7) is 3.04. The predicted octanol–water partition coefficient (Wildman–Crippen LogP) is 6.46. The Kier molecular flexibility index (Phi) is 11.3. The highest BCUT2D eigenvalue weighted by atomic mass is 127. The largest absolute Gasteiger partial charge is 0.488 e. The van der Waals surface area contributed by atoms with E-state index in [1.165, 1.54) is 13.0 Å². The van der Waals surface area contributed by atoms with Gasteiger partial charge >= 0.3 is 19.5 Å². The molecule has 0 saturated carbocycles. The smallest absolute Gasteiger partial charge is 0.423 e. The highest BCUT2D eigenvalue weighted by Crippen LogP contribution is 2.32. The van der Waals surface area contributed by atoms with Crippen LogP contribution in [0.25, 0.3) is 11.3 Å². The quantitative estimate of drug-likeness (QED) is 0.114. The van der Waals surface area contributed by atoms with Crippen molar-refractivity contribution >= 4 is 35.2 Å². The molecule has 2 aromatic heterocycles. The molecule has 0 bridgehead atoms. The molecule has 0 aliphatic rings. The highest BCUT2D eigenvalue weighted by molar-refractivity contribution is 14.1. The van der Waals surface area contributed by atoms with E-state index in [0.29, 0.717) is 11.3 Å². The molecule has 38 heavy (non-hydrogen) atoms. The fourth-order valence-corrected chi connectivity index (χ4v) is 3.50. The first kappa shape index (κ1) is 31.3. The monoisotopic (exact) mass is 646 g/mol. The number of hydrogen-bond donors (Lipinski definition) is 2. The SMILES string of the molecule is Cc1cc(C(F)(F)F)ccc1-c1ccccn1.Cc1cc(C(F)(F)F)ccc1B(O)O.Ic1ccccn1. The number of halogens is 7. The fourth-order valence-electron chi connectivity index (χ4n) is 3.13. The molecule has 4 nitrogen and oxygen atoms in total. The summed E-state index contributed by atoms with van der Waals surface area (Å²) in [7, 11) is -1.74. The molecule has 0 amide bonds. The van der Waals surface area contributed by atoms with E-state index in [1.807, 2.05) is 18.2 Å². The van der Waals surface area contributed by atoms with Crippen molar-refractivity contribution < 1.29 is 36.4 Å². The molecule has 0 unspecified atom stereocenters. The Labute approximate surface area is 229 Å². The summed E-state index contributed by atoms with van der Waals surface area (Å²) in [5.74, 6) is 0. The molecule has 0 saturated heterocycles. The van der Waals surface area contributed by atoms with Crippen LogP contribution in [0, 0.1) is 17.5 Å². The Morgan fingerprint density at radius 2 is 1.21 bits per heavy atom. The molecule has 0 radical (unpaired) electrons. The number of pyridine rings is 2. The Bertz CT molecular complexity index is 1300. The summed E-state index contributed by atoms with van der Waals surface area (Å²) in [4.78, 5) is 8.09. The number of hydrogen-bond acceptors (Lipinski definition) is 4. The number of aromatic nitrogens is 2. The maximum Gasteiger partial charge on any atom is 0.488 e. The van der Waals surface area contributed by atoms with Crippen LogP contribution in [0.5, 0.6) is 0 Å². The van der Waals surface area contributed by atoms with Crippen LogP contribution in [0.1, 0.15) is 22.3 Å². The van der Waals surface area contributed by atoms with Gasteiger partial charge in [-0.05, 0) is 89.9 Å². The van der Waals surface area contributed by atoms with E-state index >= 15 is 0 Å². The number of benzene rings is 2. The number of alkyl halides is 6. The van der Waals surface area contributed by atoms with Gasteiger partial charge in [0.15, 0.2) is 0 Å². The molecule has 2 N–H and O–H groups in total. The van der Waals surface area contributed by atoms with Crippen molar-refractivity contribution in [2.45, 2.75) is 26.2 Å². The van der Waals surface area contributed by atoms with Crippen molar-refractivity contribution in [3.05, 3.63) is 111 Å². The molecule has 4 rings (SSSR count). The zero-order valence-electron chi connectivity index (χ0n) is 20.1. The minimum absolute atomic E-state index is 0.0815. The Balaban J connectivity index is 0.000000217. The first-order chi connectivity index (χ1) is 17.7. The molecule has 0 atom stereocenters. The molecule has 2 aromatic carbocycles. The average Bonchev–Trinajstić information content (AvgIpc) is 2.84. The van der Waals surface area contributed by atoms with Gasteiger partial charge in [0.2, 0.25) is 0 Å². The minimum Gasteiger partial charge on any atom is -0.423 e.